The second-order valence-corrected chi connectivity index (χ2v) is 9.11. The van der Waals surface area contributed by atoms with E-state index in [4.69, 9.17) is 4.74 Å². The lowest BCUT2D eigenvalue weighted by Crippen LogP contribution is -2.28. The standard InChI is InChI=1S/C27H24FN3O4S/c1-4-21(26(34)35-3)31-22-15-18(29-25(33)19-7-5-6-8-20(19)28)13-14-23(22)36-27(31)30-24(32)17-11-9-16(2)10-12-17/h5-15,21H,4H2,1-3H3,(H,29,33). The van der Waals surface area contributed by atoms with Crippen LogP contribution in [0, 0.1) is 12.7 Å². The third-order valence-corrected chi connectivity index (χ3v) is 6.71. The first-order chi connectivity index (χ1) is 17.3. The zero-order chi connectivity index (χ0) is 25.8. The quantitative estimate of drug-likeness (QED) is 0.362. The molecule has 4 rings (SSSR count). The maximum absolute atomic E-state index is 14.1. The van der Waals surface area contributed by atoms with Gasteiger partial charge in [0.25, 0.3) is 11.8 Å². The summed E-state index contributed by atoms with van der Waals surface area (Å²) in [5.74, 6) is -2.16. The van der Waals surface area contributed by atoms with Gasteiger partial charge in [0.1, 0.15) is 11.9 Å². The molecule has 0 saturated carbocycles. The molecular formula is C27H24FN3O4S. The van der Waals surface area contributed by atoms with Crippen LogP contribution in [0.2, 0.25) is 0 Å². The van der Waals surface area contributed by atoms with Crippen molar-refractivity contribution < 1.29 is 23.5 Å². The highest BCUT2D eigenvalue weighted by atomic mass is 32.1. The number of nitrogens with zero attached hydrogens (tertiary/aromatic N) is 2. The van der Waals surface area contributed by atoms with Crippen molar-refractivity contribution in [3.63, 3.8) is 0 Å². The van der Waals surface area contributed by atoms with Crippen molar-refractivity contribution in [3.8, 4) is 0 Å². The molecule has 2 amide bonds. The summed E-state index contributed by atoms with van der Waals surface area (Å²) in [4.78, 5) is 42.9. The van der Waals surface area contributed by atoms with Crippen LogP contribution in [0.3, 0.4) is 0 Å². The second kappa shape index (κ2) is 10.7. The Kier molecular flexibility index (Phi) is 7.40. The maximum Gasteiger partial charge on any atom is 0.328 e. The number of amides is 2. The van der Waals surface area contributed by atoms with Crippen LogP contribution >= 0.6 is 11.3 Å². The van der Waals surface area contributed by atoms with Gasteiger partial charge in [-0.05, 0) is 55.8 Å². The van der Waals surface area contributed by atoms with Crippen LogP contribution in [0.5, 0.6) is 0 Å². The summed E-state index contributed by atoms with van der Waals surface area (Å²) in [5, 5.41) is 2.70. The van der Waals surface area contributed by atoms with E-state index in [9.17, 15) is 18.8 Å². The van der Waals surface area contributed by atoms with E-state index < -0.39 is 29.6 Å². The lowest BCUT2D eigenvalue weighted by atomic mass is 10.1. The molecule has 1 N–H and O–H groups in total. The van der Waals surface area contributed by atoms with Gasteiger partial charge in [-0.15, -0.1) is 0 Å². The van der Waals surface area contributed by atoms with Crippen LogP contribution in [-0.2, 0) is 9.53 Å². The molecule has 1 heterocycles. The number of benzene rings is 3. The van der Waals surface area contributed by atoms with Gasteiger partial charge in [-0.25, -0.2) is 9.18 Å². The highest BCUT2D eigenvalue weighted by molar-refractivity contribution is 7.16. The number of aryl methyl sites for hydroxylation is 1. The number of anilines is 1. The van der Waals surface area contributed by atoms with Crippen molar-refractivity contribution >= 4 is 45.0 Å². The fourth-order valence-corrected chi connectivity index (χ4v) is 4.83. The minimum Gasteiger partial charge on any atom is -0.467 e. The fourth-order valence-electron chi connectivity index (χ4n) is 3.78. The molecule has 1 atom stereocenters. The van der Waals surface area contributed by atoms with Crippen LogP contribution in [0.15, 0.2) is 71.7 Å². The van der Waals surface area contributed by atoms with E-state index in [1.54, 1.807) is 41.0 Å². The first-order valence-electron chi connectivity index (χ1n) is 11.3. The van der Waals surface area contributed by atoms with E-state index in [1.165, 1.54) is 36.6 Å². The molecule has 0 saturated heterocycles. The summed E-state index contributed by atoms with van der Waals surface area (Å²) in [6, 6.07) is 17.1. The molecule has 36 heavy (non-hydrogen) atoms. The Morgan fingerprint density at radius 1 is 1.08 bits per heavy atom. The van der Waals surface area contributed by atoms with E-state index in [0.29, 0.717) is 28.0 Å². The number of ether oxygens (including phenoxy) is 1. The molecule has 3 aromatic carbocycles. The maximum atomic E-state index is 14.1. The van der Waals surface area contributed by atoms with Crippen molar-refractivity contribution in [1.82, 2.24) is 4.57 Å². The zero-order valence-electron chi connectivity index (χ0n) is 19.9. The molecule has 1 aromatic heterocycles. The van der Waals surface area contributed by atoms with Gasteiger partial charge in [-0.3, -0.25) is 9.59 Å². The van der Waals surface area contributed by atoms with Gasteiger partial charge < -0.3 is 14.6 Å². The number of nitrogens with one attached hydrogen (secondary N) is 1. The van der Waals surface area contributed by atoms with E-state index >= 15 is 0 Å². The number of hydrogen-bond acceptors (Lipinski definition) is 5. The molecule has 9 heteroatoms. The van der Waals surface area contributed by atoms with Crippen molar-refractivity contribution in [3.05, 3.63) is 94.0 Å². The van der Waals surface area contributed by atoms with Gasteiger partial charge in [0.15, 0.2) is 4.80 Å². The number of carbonyl (C=O) groups excluding carboxylic acids is 3. The Morgan fingerprint density at radius 2 is 1.81 bits per heavy atom. The summed E-state index contributed by atoms with van der Waals surface area (Å²) >= 11 is 1.24. The number of methoxy groups -OCH3 is 1. The number of hydrogen-bond donors (Lipinski definition) is 1. The van der Waals surface area contributed by atoms with Crippen LogP contribution in [0.4, 0.5) is 10.1 Å². The fraction of sp³-hybridized carbons (Fsp3) is 0.185. The van der Waals surface area contributed by atoms with Crippen molar-refractivity contribution in [1.29, 1.82) is 0 Å². The van der Waals surface area contributed by atoms with E-state index in [2.05, 4.69) is 10.3 Å². The number of halogens is 1. The lowest BCUT2D eigenvalue weighted by molar-refractivity contribution is -0.144. The summed E-state index contributed by atoms with van der Waals surface area (Å²) < 4.78 is 21.5. The van der Waals surface area contributed by atoms with Gasteiger partial charge >= 0.3 is 5.97 Å². The molecule has 0 radical (unpaired) electrons. The Morgan fingerprint density at radius 3 is 2.47 bits per heavy atom. The second-order valence-electron chi connectivity index (χ2n) is 8.10. The van der Waals surface area contributed by atoms with Gasteiger partial charge in [-0.1, -0.05) is 48.1 Å². The third kappa shape index (κ3) is 5.11. The lowest BCUT2D eigenvalue weighted by Gasteiger charge is -2.16. The monoisotopic (exact) mass is 505 g/mol. The van der Waals surface area contributed by atoms with Crippen molar-refractivity contribution in [2.24, 2.45) is 4.99 Å². The third-order valence-electron chi connectivity index (χ3n) is 5.67. The number of esters is 1. The Balaban J connectivity index is 1.82. The number of carbonyl (C=O) groups is 3. The normalized spacial score (nSPS) is 12.4. The molecule has 0 aliphatic heterocycles. The molecule has 0 bridgehead atoms. The molecule has 0 spiro atoms. The molecule has 0 aliphatic rings. The SMILES string of the molecule is CCC(C(=O)OC)n1c(=NC(=O)c2ccc(C)cc2)sc2ccc(NC(=O)c3ccccc3F)cc21. The predicted octanol–water partition coefficient (Wildman–Crippen LogP) is 5.27. The summed E-state index contributed by atoms with van der Waals surface area (Å²) in [7, 11) is 1.30. The van der Waals surface area contributed by atoms with E-state index in [1.807, 2.05) is 26.0 Å². The van der Waals surface area contributed by atoms with Crippen molar-refractivity contribution in [2.75, 3.05) is 12.4 Å². The average Bonchev–Trinajstić information content (AvgIpc) is 3.21. The largest absolute Gasteiger partial charge is 0.467 e. The minimum absolute atomic E-state index is 0.0869. The van der Waals surface area contributed by atoms with Gasteiger partial charge in [0.2, 0.25) is 0 Å². The molecule has 0 aliphatic carbocycles. The van der Waals surface area contributed by atoms with Crippen LogP contribution in [0.1, 0.15) is 45.7 Å². The first-order valence-corrected chi connectivity index (χ1v) is 12.1. The smallest absolute Gasteiger partial charge is 0.328 e. The molecule has 7 nitrogen and oxygen atoms in total. The summed E-state index contributed by atoms with van der Waals surface area (Å²) in [5.41, 5.74) is 2.34. The van der Waals surface area contributed by atoms with Crippen LogP contribution in [-0.4, -0.2) is 29.5 Å². The number of rotatable bonds is 6. The summed E-state index contributed by atoms with van der Waals surface area (Å²) in [6.07, 6.45) is 0.385. The number of aromatic nitrogens is 1. The minimum atomic E-state index is -0.745. The first kappa shape index (κ1) is 25.0. The van der Waals surface area contributed by atoms with Gasteiger partial charge in [0.05, 0.1) is 22.9 Å². The van der Waals surface area contributed by atoms with E-state index in [-0.39, 0.29) is 5.56 Å². The molecule has 4 aromatic rings. The number of fused-ring (bicyclic) bond motifs is 1. The van der Waals surface area contributed by atoms with Crippen LogP contribution < -0.4 is 10.1 Å². The van der Waals surface area contributed by atoms with Crippen LogP contribution in [0.25, 0.3) is 10.2 Å². The highest BCUT2D eigenvalue weighted by Gasteiger charge is 2.24. The molecule has 0 fully saturated rings. The number of thiazole rings is 1. The molecule has 184 valence electrons. The topological polar surface area (TPSA) is 89.8 Å². The Bertz CT molecular complexity index is 1520. The van der Waals surface area contributed by atoms with Crippen molar-refractivity contribution in [2.45, 2.75) is 26.3 Å². The zero-order valence-corrected chi connectivity index (χ0v) is 20.8. The average molecular weight is 506 g/mol. The van der Waals surface area contributed by atoms with E-state index in [0.717, 1.165) is 10.3 Å². The molecular weight excluding hydrogens is 481 g/mol. The predicted molar refractivity (Wildman–Crippen MR) is 137 cm³/mol. The molecule has 1 unspecified atom stereocenters. The highest BCUT2D eigenvalue weighted by Crippen LogP contribution is 2.27. The summed E-state index contributed by atoms with van der Waals surface area (Å²) in [6.45, 7) is 3.75. The van der Waals surface area contributed by atoms with Gasteiger partial charge in [-0.2, -0.15) is 4.99 Å². The Labute approximate surface area is 210 Å². The Hall–Kier alpha value is -4.11. The van der Waals surface area contributed by atoms with Gasteiger partial charge in [0, 0.05) is 11.3 Å².